The number of anilines is 2. The standard InChI is InChI=1S/C26H30N4O7S/c1-26(2,3)36-24(31)27-18-9-11-22-21(14-18)30(15-19(35-22)10-12-23-28-25(32)37-29-23)38(33,34)20-6-4-5-17(13-20)16-7-8-16/h4-6,9,11,13-14,16,19H,7-8,10,12,15H2,1-3H3,(H,27,31)(H,28,29,32). The first-order valence-corrected chi connectivity index (χ1v) is 13.9. The Morgan fingerprint density at radius 3 is 2.68 bits per heavy atom. The molecule has 2 N–H and O–H groups in total. The predicted molar refractivity (Wildman–Crippen MR) is 139 cm³/mol. The van der Waals surface area contributed by atoms with Crippen LogP contribution in [0.25, 0.3) is 0 Å². The lowest BCUT2D eigenvalue weighted by Crippen LogP contribution is -2.43. The van der Waals surface area contributed by atoms with Crippen molar-refractivity contribution in [1.29, 1.82) is 0 Å². The SMILES string of the molecule is CC(C)(C)OC(=O)Nc1ccc2c(c1)N(S(=O)(=O)c1cccc(C3CC3)c1)CC(CCc1noc(=O)[nH]1)O2. The van der Waals surface area contributed by atoms with E-state index in [0.717, 1.165) is 18.4 Å². The Hall–Kier alpha value is -3.80. The number of carbonyl (C=O) groups excluding carboxylic acids is 1. The highest BCUT2D eigenvalue weighted by molar-refractivity contribution is 7.92. The highest BCUT2D eigenvalue weighted by atomic mass is 32.2. The lowest BCUT2D eigenvalue weighted by atomic mass is 10.1. The van der Waals surface area contributed by atoms with Crippen LogP contribution in [0.3, 0.4) is 0 Å². The van der Waals surface area contributed by atoms with Gasteiger partial charge in [0.15, 0.2) is 5.82 Å². The van der Waals surface area contributed by atoms with E-state index in [-0.39, 0.29) is 11.4 Å². The minimum atomic E-state index is -3.97. The highest BCUT2D eigenvalue weighted by Gasteiger charge is 2.36. The van der Waals surface area contributed by atoms with Crippen molar-refractivity contribution in [2.45, 2.75) is 69.0 Å². The summed E-state index contributed by atoms with van der Waals surface area (Å²) in [6.07, 6.45) is 1.64. The van der Waals surface area contributed by atoms with E-state index in [1.807, 2.05) is 6.07 Å². The van der Waals surface area contributed by atoms with E-state index in [9.17, 15) is 18.0 Å². The molecule has 38 heavy (non-hydrogen) atoms. The van der Waals surface area contributed by atoms with Crippen molar-refractivity contribution >= 4 is 27.5 Å². The summed E-state index contributed by atoms with van der Waals surface area (Å²) in [4.78, 5) is 26.3. The van der Waals surface area contributed by atoms with Gasteiger partial charge in [-0.25, -0.2) is 18.0 Å². The van der Waals surface area contributed by atoms with Crippen LogP contribution in [0.15, 0.2) is 56.7 Å². The molecule has 1 unspecified atom stereocenters. The Morgan fingerprint density at radius 2 is 2.00 bits per heavy atom. The molecule has 2 aliphatic rings. The summed E-state index contributed by atoms with van der Waals surface area (Å²) in [6, 6.07) is 11.9. The van der Waals surface area contributed by atoms with Crippen LogP contribution in [0.1, 0.15) is 57.3 Å². The number of aromatic nitrogens is 2. The lowest BCUT2D eigenvalue weighted by Gasteiger charge is -2.36. The van der Waals surface area contributed by atoms with Crippen LogP contribution in [0.2, 0.25) is 0 Å². The third kappa shape index (κ3) is 5.85. The van der Waals surface area contributed by atoms with Gasteiger partial charge in [-0.2, -0.15) is 0 Å². The minimum absolute atomic E-state index is 0.0287. The number of aryl methyl sites for hydroxylation is 1. The van der Waals surface area contributed by atoms with Crippen molar-refractivity contribution in [3.05, 3.63) is 64.4 Å². The fourth-order valence-corrected chi connectivity index (χ4v) is 5.88. The second-order valence-electron chi connectivity index (χ2n) is 10.5. The van der Waals surface area contributed by atoms with Gasteiger partial charge in [0.1, 0.15) is 17.5 Å². The largest absolute Gasteiger partial charge is 0.486 e. The third-order valence-corrected chi connectivity index (χ3v) is 7.99. The van der Waals surface area contributed by atoms with Gasteiger partial charge in [0.2, 0.25) is 0 Å². The second-order valence-corrected chi connectivity index (χ2v) is 12.4. The first-order valence-electron chi connectivity index (χ1n) is 12.5. The third-order valence-electron chi connectivity index (χ3n) is 6.22. The van der Waals surface area contributed by atoms with Crippen molar-refractivity contribution in [1.82, 2.24) is 10.1 Å². The van der Waals surface area contributed by atoms with E-state index >= 15 is 0 Å². The molecule has 1 aliphatic heterocycles. The Kier molecular flexibility index (Phi) is 6.68. The number of rotatable bonds is 7. The molecule has 2 heterocycles. The van der Waals surface area contributed by atoms with Crippen LogP contribution in [-0.4, -0.2) is 42.9 Å². The van der Waals surface area contributed by atoms with Crippen LogP contribution in [0.5, 0.6) is 5.75 Å². The van der Waals surface area contributed by atoms with Crippen LogP contribution < -0.4 is 20.1 Å². The Morgan fingerprint density at radius 1 is 1.21 bits per heavy atom. The highest BCUT2D eigenvalue weighted by Crippen LogP contribution is 2.42. The number of nitrogens with zero attached hydrogens (tertiary/aromatic N) is 2. The molecule has 2 aromatic carbocycles. The van der Waals surface area contributed by atoms with Crippen molar-refractivity contribution < 1.29 is 27.2 Å². The number of ether oxygens (including phenoxy) is 2. The van der Waals surface area contributed by atoms with Crippen LogP contribution in [-0.2, 0) is 21.2 Å². The molecule has 1 aliphatic carbocycles. The number of H-pyrrole nitrogens is 1. The van der Waals surface area contributed by atoms with Gasteiger partial charge in [0, 0.05) is 12.1 Å². The van der Waals surface area contributed by atoms with Crippen LogP contribution in [0.4, 0.5) is 16.2 Å². The Labute approximate surface area is 220 Å². The lowest BCUT2D eigenvalue weighted by molar-refractivity contribution is 0.0636. The summed E-state index contributed by atoms with van der Waals surface area (Å²) in [7, 11) is -3.97. The topological polar surface area (TPSA) is 144 Å². The van der Waals surface area contributed by atoms with Crippen molar-refractivity contribution in [3.63, 3.8) is 0 Å². The van der Waals surface area contributed by atoms with Gasteiger partial charge in [-0.3, -0.25) is 19.1 Å². The maximum atomic E-state index is 14.0. The van der Waals surface area contributed by atoms with Crippen molar-refractivity contribution in [3.8, 4) is 5.75 Å². The fraction of sp³-hybridized carbons (Fsp3) is 0.423. The fourth-order valence-electron chi connectivity index (χ4n) is 4.33. The quantitative estimate of drug-likeness (QED) is 0.453. The Balaban J connectivity index is 1.46. The molecule has 12 heteroatoms. The number of aromatic amines is 1. The number of benzene rings is 2. The van der Waals surface area contributed by atoms with Gasteiger partial charge in [-0.1, -0.05) is 17.3 Å². The normalized spacial score (nSPS) is 17.4. The number of amides is 1. The van der Waals surface area contributed by atoms with Gasteiger partial charge >= 0.3 is 11.8 Å². The molecule has 5 rings (SSSR count). The van der Waals surface area contributed by atoms with Gasteiger partial charge in [-0.15, -0.1) is 0 Å². The van der Waals surface area contributed by atoms with Crippen molar-refractivity contribution in [2.24, 2.45) is 0 Å². The average Bonchev–Trinajstić information content (AvgIpc) is 3.62. The maximum Gasteiger partial charge on any atom is 0.438 e. The molecule has 0 bridgehead atoms. The average molecular weight is 543 g/mol. The van der Waals surface area contributed by atoms with Crippen molar-refractivity contribution in [2.75, 3.05) is 16.2 Å². The van der Waals surface area contributed by atoms with Crippen LogP contribution in [0, 0.1) is 0 Å². The first-order chi connectivity index (χ1) is 18.0. The van der Waals surface area contributed by atoms with E-state index < -0.39 is 33.6 Å². The number of sulfonamides is 1. The molecular formula is C26H30N4O7S. The summed E-state index contributed by atoms with van der Waals surface area (Å²) in [6.45, 7) is 5.30. The molecule has 1 atom stereocenters. The van der Waals surface area contributed by atoms with E-state index in [1.165, 1.54) is 4.31 Å². The van der Waals surface area contributed by atoms with Gasteiger partial charge in [0.05, 0.1) is 17.1 Å². The zero-order chi connectivity index (χ0) is 27.1. The van der Waals surface area contributed by atoms with E-state index in [4.69, 9.17) is 9.47 Å². The molecule has 3 aromatic rings. The zero-order valence-corrected chi connectivity index (χ0v) is 22.2. The second kappa shape index (κ2) is 9.82. The van der Waals surface area contributed by atoms with Crippen LogP contribution >= 0.6 is 0 Å². The van der Waals surface area contributed by atoms with Gasteiger partial charge < -0.3 is 9.47 Å². The smallest absolute Gasteiger partial charge is 0.438 e. The number of carbonyl (C=O) groups is 1. The number of fused-ring (bicyclic) bond motifs is 1. The summed E-state index contributed by atoms with van der Waals surface area (Å²) >= 11 is 0. The molecule has 1 fully saturated rings. The number of hydrogen-bond donors (Lipinski definition) is 2. The summed E-state index contributed by atoms with van der Waals surface area (Å²) in [5.74, 6) is 0.447. The molecule has 11 nitrogen and oxygen atoms in total. The molecule has 0 radical (unpaired) electrons. The molecule has 1 amide bonds. The van der Waals surface area contributed by atoms with Gasteiger partial charge in [-0.05, 0) is 81.8 Å². The summed E-state index contributed by atoms with van der Waals surface area (Å²) < 4.78 is 45.3. The molecule has 1 saturated carbocycles. The molecular weight excluding hydrogens is 512 g/mol. The predicted octanol–water partition coefficient (Wildman–Crippen LogP) is 4.18. The van der Waals surface area contributed by atoms with E-state index in [1.54, 1.807) is 57.2 Å². The molecule has 0 spiro atoms. The van der Waals surface area contributed by atoms with E-state index in [0.29, 0.717) is 41.7 Å². The summed E-state index contributed by atoms with van der Waals surface area (Å²) in [5.41, 5.74) is 0.991. The monoisotopic (exact) mass is 542 g/mol. The van der Waals surface area contributed by atoms with E-state index in [2.05, 4.69) is 20.0 Å². The maximum absolute atomic E-state index is 14.0. The number of hydrogen-bond acceptors (Lipinski definition) is 8. The van der Waals surface area contributed by atoms with Gasteiger partial charge in [0.25, 0.3) is 10.0 Å². The molecule has 0 saturated heterocycles. The molecule has 202 valence electrons. The number of nitrogens with one attached hydrogen (secondary N) is 2. The molecule has 1 aromatic heterocycles. The minimum Gasteiger partial charge on any atom is -0.486 e. The summed E-state index contributed by atoms with van der Waals surface area (Å²) in [5, 5.41) is 6.34. The Bertz CT molecular complexity index is 1500. The zero-order valence-electron chi connectivity index (χ0n) is 21.4. The first kappa shape index (κ1) is 25.8.